The van der Waals surface area contributed by atoms with Crippen LogP contribution in [0.1, 0.15) is 13.8 Å². The van der Waals surface area contributed by atoms with Gasteiger partial charge >= 0.3 is 30.9 Å². The summed E-state index contributed by atoms with van der Waals surface area (Å²) in [5.74, 6) is -0.753. The van der Waals surface area contributed by atoms with Crippen molar-refractivity contribution in [3.05, 3.63) is 24.3 Å². The summed E-state index contributed by atoms with van der Waals surface area (Å²) in [5, 5.41) is 7.60. The molecule has 19 heteroatoms. The minimum absolute atomic E-state index is 0.0979. The third kappa shape index (κ3) is 32.0. The molecule has 0 bridgehead atoms. The molecule has 0 aromatic carbocycles. The van der Waals surface area contributed by atoms with E-state index in [0.717, 1.165) is 0 Å². The van der Waals surface area contributed by atoms with Crippen LogP contribution in [0.4, 0.5) is 43.9 Å². The second-order valence-electron chi connectivity index (χ2n) is 6.17. The van der Waals surface area contributed by atoms with E-state index < -0.39 is 69.2 Å². The molecule has 0 aliphatic carbocycles. The summed E-state index contributed by atoms with van der Waals surface area (Å²) in [5.41, 5.74) is 0.484. The minimum Gasteiger partial charge on any atom is -0.460 e. The van der Waals surface area contributed by atoms with Crippen molar-refractivity contribution in [2.75, 3.05) is 39.6 Å². The summed E-state index contributed by atoms with van der Waals surface area (Å²) in [4.78, 5) is 20.6. The third-order valence-electron chi connectivity index (χ3n) is 2.45. The summed E-state index contributed by atoms with van der Waals surface area (Å²) in [7, 11) is 0. The molecule has 0 saturated carbocycles. The molecular formula is C18H23ClF10O8. The number of carbonyl (C=O) groups excluding carboxylic acids is 2. The Morgan fingerprint density at radius 2 is 1.08 bits per heavy atom. The topological polar surface area (TPSA) is 101 Å². The lowest BCUT2D eigenvalue weighted by Crippen LogP contribution is -2.34. The molecule has 0 amide bonds. The van der Waals surface area contributed by atoms with E-state index in [2.05, 4.69) is 36.8 Å². The number of allylic oxidation sites excluding steroid dienone is 1. The SMILES string of the molecule is C=C(C)C(=O)Cl.C=C(C)C(=O)OCCOCC(F)(F)OC(F)(F)F.OCCOCC(F)(F)OC(F)(F)F. The number of alkyl halides is 10. The number of hydrogen-bond donors (Lipinski definition) is 1. The Balaban J connectivity index is -0.000000529. The van der Waals surface area contributed by atoms with Gasteiger partial charge in [-0.25, -0.2) is 14.3 Å². The van der Waals surface area contributed by atoms with E-state index in [1.165, 1.54) is 6.92 Å². The Hall–Kier alpha value is -1.99. The third-order valence-corrected chi connectivity index (χ3v) is 2.77. The number of hydrogen-bond acceptors (Lipinski definition) is 8. The van der Waals surface area contributed by atoms with Crippen molar-refractivity contribution in [2.24, 2.45) is 0 Å². The number of aliphatic hydroxyl groups excluding tert-OH is 1. The fraction of sp³-hybridized carbons (Fsp3) is 0.667. The molecule has 8 nitrogen and oxygen atoms in total. The van der Waals surface area contributed by atoms with Crippen molar-refractivity contribution in [3.63, 3.8) is 0 Å². The van der Waals surface area contributed by atoms with Crippen LogP contribution in [0.5, 0.6) is 0 Å². The maximum Gasteiger partial charge on any atom is 0.527 e. The predicted molar refractivity (Wildman–Crippen MR) is 104 cm³/mol. The summed E-state index contributed by atoms with van der Waals surface area (Å²) < 4.78 is 135. The Labute approximate surface area is 208 Å². The van der Waals surface area contributed by atoms with E-state index in [4.69, 9.17) is 16.7 Å². The molecule has 0 atom stereocenters. The van der Waals surface area contributed by atoms with E-state index in [1.807, 2.05) is 0 Å². The number of esters is 1. The molecule has 0 fully saturated rings. The van der Waals surface area contributed by atoms with Crippen LogP contribution in [-0.2, 0) is 33.3 Å². The van der Waals surface area contributed by atoms with Gasteiger partial charge in [-0.2, -0.15) is 17.6 Å². The Bertz CT molecular complexity index is 700. The molecule has 0 aromatic rings. The molecule has 0 aromatic heterocycles. The fourth-order valence-electron chi connectivity index (χ4n) is 1.16. The van der Waals surface area contributed by atoms with Gasteiger partial charge < -0.3 is 19.3 Å². The van der Waals surface area contributed by atoms with Crippen LogP contribution in [0.2, 0.25) is 0 Å². The number of ether oxygens (including phenoxy) is 5. The molecule has 0 unspecified atom stereocenters. The van der Waals surface area contributed by atoms with Gasteiger partial charge in [0, 0.05) is 11.1 Å². The predicted octanol–water partition coefficient (Wildman–Crippen LogP) is 4.70. The van der Waals surface area contributed by atoms with E-state index in [1.54, 1.807) is 6.92 Å². The van der Waals surface area contributed by atoms with Gasteiger partial charge in [-0.15, -0.1) is 26.3 Å². The first-order chi connectivity index (χ1) is 16.4. The number of halogens is 11. The van der Waals surface area contributed by atoms with Gasteiger partial charge in [-0.3, -0.25) is 4.79 Å². The standard InChI is InChI=1S/C9H11F5O4.C5H7F5O3.C4H5ClO/c1-6(2)7(15)17-4-3-16-5-8(10,11)18-9(12,13)14;6-4(7,3-12-2-1-11)13-5(8,9)10;1-3(2)4(5)6/h1,3-5H2,2H3;11H,1-3H2;1H2,2H3. The summed E-state index contributed by atoms with van der Waals surface area (Å²) in [6.45, 7) is 4.41. The van der Waals surface area contributed by atoms with Gasteiger partial charge in [0.25, 0.3) is 0 Å². The average Bonchev–Trinajstić information content (AvgIpc) is 2.64. The highest BCUT2D eigenvalue weighted by molar-refractivity contribution is 6.67. The highest BCUT2D eigenvalue weighted by Gasteiger charge is 2.45. The Kier molecular flexibility index (Phi) is 19.5. The zero-order chi connectivity index (χ0) is 30.1. The average molecular weight is 593 g/mol. The van der Waals surface area contributed by atoms with Crippen LogP contribution in [-0.4, -0.2) is 80.9 Å². The van der Waals surface area contributed by atoms with Gasteiger partial charge in [0.1, 0.15) is 19.8 Å². The molecular weight excluding hydrogens is 570 g/mol. The highest BCUT2D eigenvalue weighted by atomic mass is 35.5. The number of aliphatic hydroxyl groups is 1. The van der Waals surface area contributed by atoms with Gasteiger partial charge in [0.15, 0.2) is 0 Å². The molecule has 0 aliphatic heterocycles. The first-order valence-corrected chi connectivity index (χ1v) is 9.56. The van der Waals surface area contributed by atoms with Crippen molar-refractivity contribution < 1.29 is 82.3 Å². The van der Waals surface area contributed by atoms with E-state index in [9.17, 15) is 53.5 Å². The normalized spacial score (nSPS) is 11.9. The second-order valence-corrected chi connectivity index (χ2v) is 6.51. The number of rotatable bonds is 13. The van der Waals surface area contributed by atoms with Crippen molar-refractivity contribution in [3.8, 4) is 0 Å². The van der Waals surface area contributed by atoms with Crippen molar-refractivity contribution in [1.29, 1.82) is 0 Å². The second kappa shape index (κ2) is 18.3. The first-order valence-electron chi connectivity index (χ1n) is 9.18. The molecule has 0 spiro atoms. The van der Waals surface area contributed by atoms with Gasteiger partial charge in [0.05, 0.1) is 19.8 Å². The Morgan fingerprint density at radius 1 is 0.730 bits per heavy atom. The lowest BCUT2D eigenvalue weighted by atomic mass is 10.4. The monoisotopic (exact) mass is 592 g/mol. The van der Waals surface area contributed by atoms with Crippen molar-refractivity contribution in [2.45, 2.75) is 38.8 Å². The Morgan fingerprint density at radius 3 is 1.35 bits per heavy atom. The lowest BCUT2D eigenvalue weighted by molar-refractivity contribution is -0.432. The molecule has 220 valence electrons. The maximum absolute atomic E-state index is 12.4. The molecule has 0 heterocycles. The summed E-state index contributed by atoms with van der Waals surface area (Å²) in [6, 6.07) is 0. The van der Waals surface area contributed by atoms with Crippen molar-refractivity contribution >= 4 is 22.8 Å². The van der Waals surface area contributed by atoms with Crippen LogP contribution >= 0.6 is 11.6 Å². The molecule has 37 heavy (non-hydrogen) atoms. The minimum atomic E-state index is -5.46. The largest absolute Gasteiger partial charge is 0.527 e. The molecule has 0 radical (unpaired) electrons. The zero-order valence-electron chi connectivity index (χ0n) is 19.1. The smallest absolute Gasteiger partial charge is 0.460 e. The fourth-order valence-corrected chi connectivity index (χ4v) is 1.16. The molecule has 0 aliphatic rings. The molecule has 0 saturated heterocycles. The molecule has 1 N–H and O–H groups in total. The highest BCUT2D eigenvalue weighted by Crippen LogP contribution is 2.28. The number of carbonyl (C=O) groups is 2. The van der Waals surface area contributed by atoms with Crippen LogP contribution in [0.25, 0.3) is 0 Å². The van der Waals surface area contributed by atoms with Gasteiger partial charge in [-0.1, -0.05) is 13.2 Å². The van der Waals surface area contributed by atoms with Gasteiger partial charge in [0.2, 0.25) is 5.24 Å². The van der Waals surface area contributed by atoms with Crippen molar-refractivity contribution in [1.82, 2.24) is 0 Å². The van der Waals surface area contributed by atoms with Crippen LogP contribution < -0.4 is 0 Å². The zero-order valence-corrected chi connectivity index (χ0v) is 19.9. The summed E-state index contributed by atoms with van der Waals surface area (Å²) in [6.07, 6.45) is -19.8. The lowest BCUT2D eigenvalue weighted by Gasteiger charge is -2.18. The maximum atomic E-state index is 12.4. The first kappa shape index (κ1) is 39.5. The van der Waals surface area contributed by atoms with Crippen LogP contribution in [0.15, 0.2) is 24.3 Å². The summed E-state index contributed by atoms with van der Waals surface area (Å²) >= 11 is 4.87. The van der Waals surface area contributed by atoms with E-state index >= 15 is 0 Å². The van der Waals surface area contributed by atoms with E-state index in [0.29, 0.717) is 5.57 Å². The molecule has 0 rings (SSSR count). The van der Waals surface area contributed by atoms with E-state index in [-0.39, 0.29) is 12.2 Å². The van der Waals surface area contributed by atoms with Crippen LogP contribution in [0.3, 0.4) is 0 Å². The van der Waals surface area contributed by atoms with Gasteiger partial charge in [-0.05, 0) is 25.4 Å². The van der Waals surface area contributed by atoms with Crippen LogP contribution in [0, 0.1) is 0 Å². The quantitative estimate of drug-likeness (QED) is 0.108.